The molecule has 1 aliphatic rings. The van der Waals surface area contributed by atoms with Gasteiger partial charge >= 0.3 is 0 Å². The molecule has 1 aromatic rings. The molecule has 2 heterocycles. The summed E-state index contributed by atoms with van der Waals surface area (Å²) < 4.78 is 5.37. The van der Waals surface area contributed by atoms with E-state index in [4.69, 9.17) is 4.74 Å². The van der Waals surface area contributed by atoms with Gasteiger partial charge in [0.2, 0.25) is 0 Å². The number of ether oxygens (including phenoxy) is 1. The molecule has 0 unspecified atom stereocenters. The van der Waals surface area contributed by atoms with E-state index in [2.05, 4.69) is 34.4 Å². The van der Waals surface area contributed by atoms with E-state index in [1.54, 1.807) is 6.33 Å². The molecule has 0 aromatic carbocycles. The maximum Gasteiger partial charge on any atom is 0.131 e. The first-order valence-electron chi connectivity index (χ1n) is 7.14. The minimum Gasteiger partial charge on any atom is -0.381 e. The van der Waals surface area contributed by atoms with E-state index in [-0.39, 0.29) is 0 Å². The molecule has 5 nitrogen and oxygen atoms in total. The molecule has 0 spiro atoms. The molecule has 1 aromatic heterocycles. The molecule has 1 saturated heterocycles. The summed E-state index contributed by atoms with van der Waals surface area (Å²) in [6.07, 6.45) is 5.15. The number of nitrogens with zero attached hydrogens (tertiary/aromatic N) is 2. The van der Waals surface area contributed by atoms with Crippen LogP contribution < -0.4 is 10.6 Å². The van der Waals surface area contributed by atoms with Crippen LogP contribution in [0, 0.1) is 5.92 Å². The summed E-state index contributed by atoms with van der Waals surface area (Å²) in [4.78, 5) is 8.44. The number of aromatic nitrogens is 2. The minimum atomic E-state index is 0.380. The Kier molecular flexibility index (Phi) is 5.39. The van der Waals surface area contributed by atoms with Crippen molar-refractivity contribution in [2.75, 3.05) is 30.4 Å². The fourth-order valence-electron chi connectivity index (χ4n) is 2.27. The van der Waals surface area contributed by atoms with Crippen LogP contribution in [0.15, 0.2) is 12.4 Å². The molecule has 0 amide bonds. The van der Waals surface area contributed by atoms with E-state index < -0.39 is 0 Å². The van der Waals surface area contributed by atoms with Crippen LogP contribution in [0.5, 0.6) is 0 Å². The van der Waals surface area contributed by atoms with Gasteiger partial charge in [-0.15, -0.1) is 0 Å². The van der Waals surface area contributed by atoms with Gasteiger partial charge in [0.1, 0.15) is 18.0 Å². The van der Waals surface area contributed by atoms with Gasteiger partial charge in [0, 0.05) is 31.9 Å². The topological polar surface area (TPSA) is 59.1 Å². The Morgan fingerprint density at radius 2 is 2.00 bits per heavy atom. The van der Waals surface area contributed by atoms with E-state index in [9.17, 15) is 0 Å². The largest absolute Gasteiger partial charge is 0.381 e. The average Bonchev–Trinajstić information content (AvgIpc) is 2.40. The van der Waals surface area contributed by atoms with Crippen LogP contribution in [-0.4, -0.2) is 35.8 Å². The predicted molar refractivity (Wildman–Crippen MR) is 77.4 cm³/mol. The third-order valence-electron chi connectivity index (χ3n) is 3.30. The maximum absolute atomic E-state index is 5.37. The molecule has 0 aliphatic carbocycles. The summed E-state index contributed by atoms with van der Waals surface area (Å²) in [5, 5.41) is 6.65. The highest BCUT2D eigenvalue weighted by Crippen LogP contribution is 2.18. The smallest absolute Gasteiger partial charge is 0.131 e. The summed E-state index contributed by atoms with van der Waals surface area (Å²) in [5.74, 6) is 2.56. The second kappa shape index (κ2) is 7.28. The fourth-order valence-corrected chi connectivity index (χ4v) is 2.27. The van der Waals surface area contributed by atoms with E-state index in [0.717, 1.165) is 37.3 Å². The van der Waals surface area contributed by atoms with Crippen molar-refractivity contribution >= 4 is 11.6 Å². The molecule has 0 bridgehead atoms. The van der Waals surface area contributed by atoms with Gasteiger partial charge in [-0.05, 0) is 39.0 Å². The first-order valence-corrected chi connectivity index (χ1v) is 7.14. The molecule has 19 heavy (non-hydrogen) atoms. The lowest BCUT2D eigenvalue weighted by Crippen LogP contribution is -2.18. The number of nitrogens with one attached hydrogen (secondary N) is 2. The third kappa shape index (κ3) is 5.03. The van der Waals surface area contributed by atoms with Gasteiger partial charge in [-0.25, -0.2) is 9.97 Å². The predicted octanol–water partition coefficient (Wildman–Crippen LogP) is 2.53. The van der Waals surface area contributed by atoms with Crippen molar-refractivity contribution in [2.45, 2.75) is 39.2 Å². The van der Waals surface area contributed by atoms with Crippen molar-refractivity contribution in [1.82, 2.24) is 9.97 Å². The third-order valence-corrected chi connectivity index (χ3v) is 3.30. The van der Waals surface area contributed by atoms with E-state index in [0.29, 0.717) is 6.04 Å². The summed E-state index contributed by atoms with van der Waals surface area (Å²) >= 11 is 0. The number of hydrogen-bond acceptors (Lipinski definition) is 5. The van der Waals surface area contributed by atoms with Gasteiger partial charge in [-0.2, -0.15) is 0 Å². The molecule has 106 valence electrons. The van der Waals surface area contributed by atoms with E-state index >= 15 is 0 Å². The average molecular weight is 264 g/mol. The number of anilines is 2. The Labute approximate surface area is 115 Å². The van der Waals surface area contributed by atoms with Gasteiger partial charge in [-0.3, -0.25) is 0 Å². The second-order valence-corrected chi connectivity index (χ2v) is 5.36. The highest BCUT2D eigenvalue weighted by molar-refractivity contribution is 5.46. The first kappa shape index (κ1) is 14.1. The molecule has 5 heteroatoms. The van der Waals surface area contributed by atoms with Crippen LogP contribution in [0.25, 0.3) is 0 Å². The van der Waals surface area contributed by atoms with Gasteiger partial charge in [0.25, 0.3) is 0 Å². The van der Waals surface area contributed by atoms with Crippen LogP contribution in [0.2, 0.25) is 0 Å². The van der Waals surface area contributed by atoms with E-state index in [1.165, 1.54) is 19.3 Å². The molecule has 2 N–H and O–H groups in total. The van der Waals surface area contributed by atoms with Crippen molar-refractivity contribution < 1.29 is 4.74 Å². The van der Waals surface area contributed by atoms with Crippen molar-refractivity contribution in [1.29, 1.82) is 0 Å². The SMILES string of the molecule is CC(C)Nc1cc(NCCC2CCOCC2)ncn1. The molecule has 1 fully saturated rings. The summed E-state index contributed by atoms with van der Waals surface area (Å²) in [6.45, 7) is 6.99. The van der Waals surface area contributed by atoms with Crippen LogP contribution in [0.3, 0.4) is 0 Å². The van der Waals surface area contributed by atoms with Gasteiger partial charge in [0.15, 0.2) is 0 Å². The Hall–Kier alpha value is -1.36. The lowest BCUT2D eigenvalue weighted by Gasteiger charge is -2.22. The first-order chi connectivity index (χ1) is 9.24. The number of rotatable bonds is 6. The quantitative estimate of drug-likeness (QED) is 0.827. The fraction of sp³-hybridized carbons (Fsp3) is 0.714. The Balaban J connectivity index is 1.75. The number of hydrogen-bond donors (Lipinski definition) is 2. The minimum absolute atomic E-state index is 0.380. The Morgan fingerprint density at radius 3 is 2.74 bits per heavy atom. The van der Waals surface area contributed by atoms with Crippen LogP contribution in [0.4, 0.5) is 11.6 Å². The molecule has 1 aliphatic heterocycles. The Bertz CT molecular complexity index is 377. The van der Waals surface area contributed by atoms with Gasteiger partial charge < -0.3 is 15.4 Å². The normalized spacial score (nSPS) is 16.6. The highest BCUT2D eigenvalue weighted by Gasteiger charge is 2.13. The molecular weight excluding hydrogens is 240 g/mol. The second-order valence-electron chi connectivity index (χ2n) is 5.36. The van der Waals surface area contributed by atoms with Gasteiger partial charge in [-0.1, -0.05) is 0 Å². The van der Waals surface area contributed by atoms with E-state index in [1.807, 2.05) is 6.07 Å². The monoisotopic (exact) mass is 264 g/mol. The standard InChI is InChI=1S/C14H24N4O/c1-11(2)18-14-9-13(16-10-17-14)15-6-3-12-4-7-19-8-5-12/h9-12H,3-8H2,1-2H3,(H2,15,16,17,18). The summed E-state index contributed by atoms with van der Waals surface area (Å²) in [6, 6.07) is 2.34. The van der Waals surface area contributed by atoms with Crippen molar-refractivity contribution in [3.63, 3.8) is 0 Å². The lowest BCUT2D eigenvalue weighted by atomic mass is 9.97. The van der Waals surface area contributed by atoms with Crippen molar-refractivity contribution in [3.8, 4) is 0 Å². The highest BCUT2D eigenvalue weighted by atomic mass is 16.5. The van der Waals surface area contributed by atoms with Gasteiger partial charge in [0.05, 0.1) is 0 Å². The molecule has 2 rings (SSSR count). The Morgan fingerprint density at radius 1 is 1.26 bits per heavy atom. The zero-order valence-corrected chi connectivity index (χ0v) is 11.9. The maximum atomic E-state index is 5.37. The van der Waals surface area contributed by atoms with Crippen LogP contribution in [0.1, 0.15) is 33.1 Å². The molecule has 0 saturated carbocycles. The van der Waals surface area contributed by atoms with Crippen molar-refractivity contribution in [3.05, 3.63) is 12.4 Å². The zero-order chi connectivity index (χ0) is 13.5. The van der Waals surface area contributed by atoms with Crippen LogP contribution in [-0.2, 0) is 4.74 Å². The lowest BCUT2D eigenvalue weighted by molar-refractivity contribution is 0.0649. The molecular formula is C14H24N4O. The molecule has 0 atom stereocenters. The van der Waals surface area contributed by atoms with Crippen LogP contribution >= 0.6 is 0 Å². The summed E-state index contributed by atoms with van der Waals surface area (Å²) in [7, 11) is 0. The summed E-state index contributed by atoms with van der Waals surface area (Å²) in [5.41, 5.74) is 0. The van der Waals surface area contributed by atoms with Crippen molar-refractivity contribution in [2.24, 2.45) is 5.92 Å². The zero-order valence-electron chi connectivity index (χ0n) is 11.9. The molecule has 0 radical (unpaired) electrons.